The number of nitro benzene ring substituents is 1. The van der Waals surface area contributed by atoms with Crippen LogP contribution in [-0.2, 0) is 0 Å². The van der Waals surface area contributed by atoms with Crippen molar-refractivity contribution in [2.24, 2.45) is 5.92 Å². The van der Waals surface area contributed by atoms with Gasteiger partial charge < -0.3 is 10.4 Å². The molecule has 0 amide bonds. The Labute approximate surface area is 116 Å². The molecule has 0 aromatic heterocycles. The second-order valence-corrected chi connectivity index (χ2v) is 5.50. The number of hydrogen-bond acceptors (Lipinski definition) is 4. The van der Waals surface area contributed by atoms with E-state index in [-0.39, 0.29) is 16.8 Å². The van der Waals surface area contributed by atoms with Crippen molar-refractivity contribution in [3.63, 3.8) is 0 Å². The molecule has 0 saturated heterocycles. The highest BCUT2D eigenvalue weighted by molar-refractivity contribution is 6.33. The van der Waals surface area contributed by atoms with Gasteiger partial charge >= 0.3 is 0 Å². The van der Waals surface area contributed by atoms with Gasteiger partial charge in [0.1, 0.15) is 5.02 Å². The van der Waals surface area contributed by atoms with Crippen LogP contribution in [0.15, 0.2) is 12.1 Å². The van der Waals surface area contributed by atoms with Gasteiger partial charge in [0.25, 0.3) is 5.69 Å². The third kappa shape index (κ3) is 3.36. The summed E-state index contributed by atoms with van der Waals surface area (Å²) in [5.41, 5.74) is 1.55. The fourth-order valence-electron chi connectivity index (χ4n) is 2.48. The van der Waals surface area contributed by atoms with E-state index in [1.165, 1.54) is 6.07 Å². The van der Waals surface area contributed by atoms with Gasteiger partial charge in [-0.1, -0.05) is 11.6 Å². The lowest BCUT2D eigenvalue weighted by molar-refractivity contribution is -0.384. The largest absolute Gasteiger partial charge is 0.393 e. The Morgan fingerprint density at radius 1 is 1.53 bits per heavy atom. The molecule has 0 heterocycles. The van der Waals surface area contributed by atoms with Crippen molar-refractivity contribution in [1.82, 2.24) is 0 Å². The van der Waals surface area contributed by atoms with Crippen LogP contribution in [0.4, 0.5) is 11.4 Å². The molecule has 1 aromatic carbocycles. The maximum atomic E-state index is 10.8. The number of benzene rings is 1. The topological polar surface area (TPSA) is 75.4 Å². The van der Waals surface area contributed by atoms with Crippen molar-refractivity contribution in [1.29, 1.82) is 0 Å². The minimum absolute atomic E-state index is 0.0685. The van der Waals surface area contributed by atoms with Crippen LogP contribution >= 0.6 is 11.6 Å². The van der Waals surface area contributed by atoms with E-state index in [1.807, 2.05) is 6.92 Å². The summed E-state index contributed by atoms with van der Waals surface area (Å²) in [6, 6.07) is 3.08. The van der Waals surface area contributed by atoms with Gasteiger partial charge in [0.2, 0.25) is 0 Å². The normalized spacial score (nSPS) is 22.5. The maximum Gasteiger partial charge on any atom is 0.288 e. The first-order valence-corrected chi connectivity index (χ1v) is 6.71. The van der Waals surface area contributed by atoms with Crippen LogP contribution in [0.2, 0.25) is 5.02 Å². The highest BCUT2D eigenvalue weighted by Crippen LogP contribution is 2.31. The van der Waals surface area contributed by atoms with Crippen LogP contribution in [0.1, 0.15) is 24.8 Å². The zero-order valence-electron chi connectivity index (χ0n) is 10.7. The molecule has 5 nitrogen and oxygen atoms in total. The molecule has 6 heteroatoms. The summed E-state index contributed by atoms with van der Waals surface area (Å²) in [5, 5.41) is 23.6. The van der Waals surface area contributed by atoms with E-state index in [4.69, 9.17) is 11.6 Å². The van der Waals surface area contributed by atoms with Crippen LogP contribution in [0.3, 0.4) is 0 Å². The smallest absolute Gasteiger partial charge is 0.288 e. The van der Waals surface area contributed by atoms with Gasteiger partial charge in [0.05, 0.1) is 11.0 Å². The van der Waals surface area contributed by atoms with Gasteiger partial charge in [-0.3, -0.25) is 10.1 Å². The van der Waals surface area contributed by atoms with E-state index in [0.717, 1.165) is 37.1 Å². The number of nitrogens with zero attached hydrogens (tertiary/aromatic N) is 1. The lowest BCUT2D eigenvalue weighted by atomic mass is 10.1. The Morgan fingerprint density at radius 2 is 2.26 bits per heavy atom. The van der Waals surface area contributed by atoms with E-state index in [0.29, 0.717) is 5.92 Å². The third-order valence-electron chi connectivity index (χ3n) is 3.59. The molecule has 2 rings (SSSR count). The predicted octanol–water partition coefficient (Wildman–Crippen LogP) is 3.13. The molecule has 2 atom stereocenters. The van der Waals surface area contributed by atoms with Crippen molar-refractivity contribution in [2.75, 3.05) is 11.9 Å². The maximum absolute atomic E-state index is 10.8. The molecule has 0 spiro atoms. The highest BCUT2D eigenvalue weighted by Gasteiger charge is 2.23. The number of rotatable bonds is 4. The van der Waals surface area contributed by atoms with Gasteiger partial charge in [0, 0.05) is 18.3 Å². The Hall–Kier alpha value is -1.33. The second-order valence-electron chi connectivity index (χ2n) is 5.09. The average molecular weight is 285 g/mol. The zero-order chi connectivity index (χ0) is 14.0. The van der Waals surface area contributed by atoms with Gasteiger partial charge in [-0.15, -0.1) is 0 Å². The van der Waals surface area contributed by atoms with E-state index in [9.17, 15) is 15.2 Å². The molecule has 1 aliphatic carbocycles. The lowest BCUT2D eigenvalue weighted by Gasteiger charge is -2.14. The number of hydrogen-bond donors (Lipinski definition) is 2. The molecule has 2 unspecified atom stereocenters. The third-order valence-corrected chi connectivity index (χ3v) is 3.89. The molecule has 1 aliphatic rings. The molecule has 104 valence electrons. The van der Waals surface area contributed by atoms with E-state index in [2.05, 4.69) is 5.32 Å². The second kappa shape index (κ2) is 5.75. The monoisotopic (exact) mass is 284 g/mol. The average Bonchev–Trinajstić information content (AvgIpc) is 2.75. The molecule has 0 radical (unpaired) electrons. The number of aryl methyl sites for hydroxylation is 1. The highest BCUT2D eigenvalue weighted by atomic mass is 35.5. The lowest BCUT2D eigenvalue weighted by Crippen LogP contribution is -2.13. The van der Waals surface area contributed by atoms with Crippen molar-refractivity contribution in [3.05, 3.63) is 32.8 Å². The number of nitrogens with one attached hydrogen (secondary N) is 1. The number of aliphatic hydroxyl groups excluding tert-OH is 1. The Balaban J connectivity index is 2.04. The van der Waals surface area contributed by atoms with Crippen molar-refractivity contribution in [2.45, 2.75) is 32.3 Å². The summed E-state index contributed by atoms with van der Waals surface area (Å²) >= 11 is 5.89. The molecule has 2 N–H and O–H groups in total. The molecular weight excluding hydrogens is 268 g/mol. The van der Waals surface area contributed by atoms with E-state index in [1.54, 1.807) is 6.07 Å². The molecule has 1 saturated carbocycles. The first kappa shape index (κ1) is 14.1. The minimum atomic E-state index is -0.480. The predicted molar refractivity (Wildman–Crippen MR) is 74.7 cm³/mol. The standard InChI is InChI=1S/C13H17ClN2O3/c1-8-4-13(16(18)19)11(14)6-12(8)15-7-9-2-3-10(17)5-9/h4,6,9-10,15,17H,2-3,5,7H2,1H3. The zero-order valence-corrected chi connectivity index (χ0v) is 11.5. The van der Waals surface area contributed by atoms with Gasteiger partial charge in [0.15, 0.2) is 0 Å². The molecular formula is C13H17ClN2O3. The number of aliphatic hydroxyl groups is 1. The van der Waals surface area contributed by atoms with Crippen molar-refractivity contribution < 1.29 is 10.0 Å². The molecule has 1 fully saturated rings. The van der Waals surface area contributed by atoms with Crippen LogP contribution < -0.4 is 5.32 Å². The Morgan fingerprint density at radius 3 is 2.84 bits per heavy atom. The van der Waals surface area contributed by atoms with Gasteiger partial charge in [-0.05, 0) is 43.7 Å². The van der Waals surface area contributed by atoms with Crippen LogP contribution in [0.5, 0.6) is 0 Å². The number of halogens is 1. The SMILES string of the molecule is Cc1cc([N+](=O)[O-])c(Cl)cc1NCC1CCC(O)C1. The first-order valence-electron chi connectivity index (χ1n) is 6.34. The number of anilines is 1. The quantitative estimate of drug-likeness (QED) is 0.658. The molecule has 19 heavy (non-hydrogen) atoms. The first-order chi connectivity index (χ1) is 8.97. The Bertz CT molecular complexity index is 493. The van der Waals surface area contributed by atoms with Crippen LogP contribution in [0.25, 0.3) is 0 Å². The van der Waals surface area contributed by atoms with E-state index < -0.39 is 4.92 Å². The summed E-state index contributed by atoms with van der Waals surface area (Å²) in [4.78, 5) is 10.3. The summed E-state index contributed by atoms with van der Waals surface area (Å²) in [6.07, 6.45) is 2.49. The molecule has 0 bridgehead atoms. The van der Waals surface area contributed by atoms with Crippen molar-refractivity contribution in [3.8, 4) is 0 Å². The minimum Gasteiger partial charge on any atom is -0.393 e. The molecule has 0 aliphatic heterocycles. The summed E-state index contributed by atoms with van der Waals surface area (Å²) < 4.78 is 0. The van der Waals surface area contributed by atoms with Gasteiger partial charge in [-0.25, -0.2) is 0 Å². The number of nitro groups is 1. The van der Waals surface area contributed by atoms with E-state index >= 15 is 0 Å². The Kier molecular flexibility index (Phi) is 4.27. The summed E-state index contributed by atoms with van der Waals surface area (Å²) in [7, 11) is 0. The van der Waals surface area contributed by atoms with Crippen LogP contribution in [-0.4, -0.2) is 22.7 Å². The van der Waals surface area contributed by atoms with Crippen molar-refractivity contribution >= 4 is 23.0 Å². The summed E-state index contributed by atoms with van der Waals surface area (Å²) in [6.45, 7) is 2.57. The van der Waals surface area contributed by atoms with Crippen LogP contribution in [0, 0.1) is 23.0 Å². The van der Waals surface area contributed by atoms with Gasteiger partial charge in [-0.2, -0.15) is 0 Å². The molecule has 1 aromatic rings. The fraction of sp³-hybridized carbons (Fsp3) is 0.538. The summed E-state index contributed by atoms with van der Waals surface area (Å²) in [5.74, 6) is 0.448. The fourth-order valence-corrected chi connectivity index (χ4v) is 2.72.